The number of rotatable bonds is 2. The van der Waals surface area contributed by atoms with Crippen LogP contribution in [-0.2, 0) is 14.8 Å². The van der Waals surface area contributed by atoms with Crippen molar-refractivity contribution in [2.75, 3.05) is 0 Å². The van der Waals surface area contributed by atoms with Crippen molar-refractivity contribution in [1.29, 1.82) is 0 Å². The Labute approximate surface area is 83.3 Å². The topological polar surface area (TPSA) is 47.0 Å². The molecule has 1 aromatic rings. The number of pyridine rings is 1. The molecule has 0 aliphatic heterocycles. The van der Waals surface area contributed by atoms with Gasteiger partial charge in [0.1, 0.15) is 10.4 Å². The third-order valence-electron chi connectivity index (χ3n) is 1.09. The molecular weight excluding hydrogens is 265 g/mol. The Morgan fingerprint density at radius 1 is 1.50 bits per heavy atom. The molecule has 0 unspecified atom stereocenters. The zero-order chi connectivity index (χ0) is 9.19. The van der Waals surface area contributed by atoms with Crippen molar-refractivity contribution in [1.82, 2.24) is 4.98 Å². The molecule has 0 bridgehead atoms. The van der Waals surface area contributed by atoms with Crippen molar-refractivity contribution < 1.29 is 8.42 Å². The van der Waals surface area contributed by atoms with Crippen LogP contribution in [0.1, 0.15) is 5.69 Å². The molecule has 0 spiro atoms. The second-order valence-corrected chi connectivity index (χ2v) is 5.72. The highest BCUT2D eigenvalue weighted by atomic mass is 79.9. The Kier molecular flexibility index (Phi) is 3.09. The van der Waals surface area contributed by atoms with E-state index in [0.29, 0.717) is 10.3 Å². The second-order valence-electron chi connectivity index (χ2n) is 2.13. The summed E-state index contributed by atoms with van der Waals surface area (Å²) in [6.45, 7) is 0. The molecule has 0 radical (unpaired) electrons. The van der Waals surface area contributed by atoms with Crippen LogP contribution in [-0.4, -0.2) is 13.4 Å². The smallest absolute Gasteiger partial charge is 0.238 e. The van der Waals surface area contributed by atoms with Gasteiger partial charge >= 0.3 is 0 Å². The molecule has 0 aliphatic carbocycles. The van der Waals surface area contributed by atoms with Crippen LogP contribution < -0.4 is 0 Å². The van der Waals surface area contributed by atoms with E-state index in [0.717, 1.165) is 0 Å². The fourth-order valence-corrected chi connectivity index (χ4v) is 1.94. The average molecular weight is 271 g/mol. The maximum Gasteiger partial charge on any atom is 0.238 e. The van der Waals surface area contributed by atoms with Gasteiger partial charge in [-0.25, -0.2) is 13.4 Å². The van der Waals surface area contributed by atoms with Crippen molar-refractivity contribution >= 4 is 35.7 Å². The summed E-state index contributed by atoms with van der Waals surface area (Å²) in [5.74, 6) is -0.242. The van der Waals surface area contributed by atoms with Gasteiger partial charge < -0.3 is 0 Å². The fraction of sp³-hybridized carbons (Fsp3) is 0.167. The maximum absolute atomic E-state index is 10.6. The lowest BCUT2D eigenvalue weighted by molar-refractivity contribution is 0.608. The Hall–Kier alpha value is -0.130. The fourth-order valence-electron chi connectivity index (χ4n) is 0.707. The lowest BCUT2D eigenvalue weighted by Gasteiger charge is -1.96. The minimum Gasteiger partial charge on any atom is -0.245 e. The molecule has 0 saturated heterocycles. The molecule has 0 atom stereocenters. The molecule has 0 aromatic carbocycles. The van der Waals surface area contributed by atoms with Crippen LogP contribution in [0.15, 0.2) is 22.8 Å². The summed E-state index contributed by atoms with van der Waals surface area (Å²) in [5, 5.41) is 0. The van der Waals surface area contributed by atoms with Crippen molar-refractivity contribution in [3.05, 3.63) is 28.5 Å². The highest BCUT2D eigenvalue weighted by Crippen LogP contribution is 2.10. The van der Waals surface area contributed by atoms with Gasteiger partial charge in [-0.15, -0.1) is 0 Å². The first-order valence-corrected chi connectivity index (χ1v) is 6.28. The van der Waals surface area contributed by atoms with E-state index in [1.165, 1.54) is 0 Å². The minimum absolute atomic E-state index is 0.242. The molecule has 0 saturated carbocycles. The van der Waals surface area contributed by atoms with Crippen LogP contribution in [0.2, 0.25) is 0 Å². The quantitative estimate of drug-likeness (QED) is 0.609. The van der Waals surface area contributed by atoms with Crippen LogP contribution in [0.25, 0.3) is 0 Å². The molecule has 12 heavy (non-hydrogen) atoms. The minimum atomic E-state index is -3.51. The lowest BCUT2D eigenvalue weighted by Crippen LogP contribution is -1.97. The summed E-state index contributed by atoms with van der Waals surface area (Å²) in [6, 6.07) is 5.02. The van der Waals surface area contributed by atoms with Crippen molar-refractivity contribution in [3.8, 4) is 0 Å². The molecule has 6 heteroatoms. The summed E-state index contributed by atoms with van der Waals surface area (Å²) in [6.07, 6.45) is 0. The summed E-state index contributed by atoms with van der Waals surface area (Å²) in [4.78, 5) is 3.91. The lowest BCUT2D eigenvalue weighted by atomic mass is 10.4. The van der Waals surface area contributed by atoms with Crippen LogP contribution in [0.4, 0.5) is 0 Å². The van der Waals surface area contributed by atoms with Gasteiger partial charge in [0.2, 0.25) is 9.05 Å². The predicted octanol–water partition coefficient (Wildman–Crippen LogP) is 1.91. The first kappa shape index (κ1) is 9.95. The van der Waals surface area contributed by atoms with Gasteiger partial charge in [0.05, 0.1) is 5.69 Å². The molecule has 0 aliphatic rings. The highest BCUT2D eigenvalue weighted by molar-refractivity contribution is 9.10. The van der Waals surface area contributed by atoms with E-state index in [4.69, 9.17) is 10.7 Å². The molecule has 1 rings (SSSR count). The Morgan fingerprint density at radius 2 is 2.17 bits per heavy atom. The number of hydrogen-bond acceptors (Lipinski definition) is 3. The molecule has 3 nitrogen and oxygen atoms in total. The van der Waals surface area contributed by atoms with Crippen LogP contribution in [0.3, 0.4) is 0 Å². The largest absolute Gasteiger partial charge is 0.245 e. The van der Waals surface area contributed by atoms with Gasteiger partial charge in [-0.2, -0.15) is 0 Å². The number of aromatic nitrogens is 1. The van der Waals surface area contributed by atoms with Crippen molar-refractivity contribution in [2.45, 2.75) is 5.75 Å². The van der Waals surface area contributed by atoms with E-state index >= 15 is 0 Å². The normalized spacial score (nSPS) is 11.5. The summed E-state index contributed by atoms with van der Waals surface area (Å²) >= 11 is 3.12. The Balaban J connectivity index is 2.91. The standard InChI is InChI=1S/C6H5BrClNO2S/c7-6-3-1-2-5(9-6)4-12(8,10)11/h1-3H,4H2. The van der Waals surface area contributed by atoms with Gasteiger partial charge in [-0.1, -0.05) is 6.07 Å². The number of halogens is 2. The average Bonchev–Trinajstić information content (AvgIpc) is 1.82. The zero-order valence-corrected chi connectivity index (χ0v) is 9.03. The third kappa shape index (κ3) is 3.51. The van der Waals surface area contributed by atoms with Gasteiger partial charge in [-0.05, 0) is 28.1 Å². The first-order valence-electron chi connectivity index (χ1n) is 3.01. The van der Waals surface area contributed by atoms with Crippen LogP contribution in [0, 0.1) is 0 Å². The van der Waals surface area contributed by atoms with Crippen LogP contribution >= 0.6 is 26.6 Å². The molecule has 1 heterocycles. The van der Waals surface area contributed by atoms with E-state index in [-0.39, 0.29) is 5.75 Å². The molecule has 0 fully saturated rings. The molecule has 66 valence electrons. The second kappa shape index (κ2) is 3.72. The third-order valence-corrected chi connectivity index (χ3v) is 2.50. The molecular formula is C6H5BrClNO2S. The summed E-state index contributed by atoms with van der Waals surface area (Å²) in [5.41, 5.74) is 0.430. The SMILES string of the molecule is O=S(=O)(Cl)Cc1cccc(Br)n1. The van der Waals surface area contributed by atoms with Gasteiger partial charge in [0, 0.05) is 10.7 Å². The monoisotopic (exact) mass is 269 g/mol. The van der Waals surface area contributed by atoms with Gasteiger partial charge in [0.15, 0.2) is 0 Å². The molecule has 0 N–H and O–H groups in total. The predicted molar refractivity (Wildman–Crippen MR) is 50.4 cm³/mol. The van der Waals surface area contributed by atoms with Crippen molar-refractivity contribution in [3.63, 3.8) is 0 Å². The number of nitrogens with zero attached hydrogens (tertiary/aromatic N) is 1. The van der Waals surface area contributed by atoms with E-state index in [1.54, 1.807) is 18.2 Å². The Bertz CT molecular complexity index is 379. The van der Waals surface area contributed by atoms with Gasteiger partial charge in [-0.3, -0.25) is 0 Å². The maximum atomic E-state index is 10.6. The zero-order valence-electron chi connectivity index (χ0n) is 5.87. The van der Waals surface area contributed by atoms with E-state index < -0.39 is 9.05 Å². The van der Waals surface area contributed by atoms with Crippen LogP contribution in [0.5, 0.6) is 0 Å². The Morgan fingerprint density at radius 3 is 2.67 bits per heavy atom. The number of hydrogen-bond donors (Lipinski definition) is 0. The van der Waals surface area contributed by atoms with Gasteiger partial charge in [0.25, 0.3) is 0 Å². The highest BCUT2D eigenvalue weighted by Gasteiger charge is 2.07. The van der Waals surface area contributed by atoms with E-state index in [2.05, 4.69) is 20.9 Å². The summed E-state index contributed by atoms with van der Waals surface area (Å²) < 4.78 is 21.8. The van der Waals surface area contributed by atoms with E-state index in [1.807, 2.05) is 0 Å². The van der Waals surface area contributed by atoms with Crippen molar-refractivity contribution in [2.24, 2.45) is 0 Å². The molecule has 1 aromatic heterocycles. The first-order chi connectivity index (χ1) is 5.47. The summed E-state index contributed by atoms with van der Waals surface area (Å²) in [7, 11) is 1.53. The van der Waals surface area contributed by atoms with E-state index in [9.17, 15) is 8.42 Å². The molecule has 0 amide bonds.